The van der Waals surface area contributed by atoms with Crippen molar-refractivity contribution in [3.05, 3.63) is 106 Å². The zero-order valence-corrected chi connectivity index (χ0v) is 37.6. The first-order chi connectivity index (χ1) is 30.1. The quantitative estimate of drug-likeness (QED) is 0.0745. The van der Waals surface area contributed by atoms with Gasteiger partial charge < -0.3 is 43.0 Å². The molecule has 15 nitrogen and oxygen atoms in total. The molecule has 1 saturated heterocycles. The number of hydrogen-bond acceptors (Lipinski definition) is 8. The summed E-state index contributed by atoms with van der Waals surface area (Å²) >= 11 is 12.5. The smallest absolute Gasteiger partial charge is 0.245 e. The van der Waals surface area contributed by atoms with Gasteiger partial charge in [-0.3, -0.25) is 33.6 Å². The van der Waals surface area contributed by atoms with Gasteiger partial charge in [0.2, 0.25) is 41.4 Å². The number of carbonyl (C=O) groups excluding carboxylic acids is 7. The van der Waals surface area contributed by atoms with Crippen LogP contribution < -0.4 is 38.1 Å². The van der Waals surface area contributed by atoms with Crippen LogP contribution >= 0.6 is 23.2 Å². The lowest BCUT2D eigenvalue weighted by Crippen LogP contribution is -2.59. The van der Waals surface area contributed by atoms with Crippen molar-refractivity contribution in [2.24, 2.45) is 17.4 Å². The number of carbonyl (C=O) groups is 7. The summed E-state index contributed by atoms with van der Waals surface area (Å²) < 4.78 is 0. The van der Waals surface area contributed by atoms with E-state index in [1.54, 1.807) is 42.5 Å². The van der Waals surface area contributed by atoms with E-state index < -0.39 is 77.6 Å². The SMILES string of the molecule is CC(=O)N[C@@H](Cc1ccccc1)C(=O)N[C@@H](CCCN)C(=O)N1CCC[C@H]1C(=O)N[C@H](CCC(C)C)C(=O)N[C@H](Cc1ccc(Cl)c(Cl)c1)C(=O)N[C@H](Cc1ccccc1)C(N)=O. The molecule has 3 aromatic carbocycles. The van der Waals surface area contributed by atoms with Gasteiger partial charge in [-0.25, -0.2) is 0 Å². The molecular formula is C46H60Cl2N8O7. The number of nitrogens with two attached hydrogens (primary N) is 2. The van der Waals surface area contributed by atoms with Crippen LogP contribution in [-0.2, 0) is 52.8 Å². The number of nitrogens with one attached hydrogen (secondary N) is 5. The Hall–Kier alpha value is -5.51. The first-order valence-corrected chi connectivity index (χ1v) is 22.1. The van der Waals surface area contributed by atoms with E-state index in [0.717, 1.165) is 11.1 Å². The van der Waals surface area contributed by atoms with E-state index >= 15 is 0 Å². The van der Waals surface area contributed by atoms with Crippen molar-refractivity contribution in [1.29, 1.82) is 0 Å². The average Bonchev–Trinajstić information content (AvgIpc) is 3.75. The molecule has 340 valence electrons. The maximum Gasteiger partial charge on any atom is 0.245 e. The molecule has 0 radical (unpaired) electrons. The summed E-state index contributed by atoms with van der Waals surface area (Å²) in [7, 11) is 0. The summed E-state index contributed by atoms with van der Waals surface area (Å²) in [5.41, 5.74) is 13.7. The standard InChI is InChI=1S/C46H60Cl2N8O7/c1-28(2)18-21-35(42(59)55-39(27-32-19-20-33(47)34(48)24-32)44(61)54-37(41(50)58)25-30-12-6-4-7-13-30)52-45(62)40-17-11-23-56(40)46(63)36(16-10-22-49)53-43(60)38(51-29(3)57)26-31-14-8-5-9-15-31/h4-9,12-15,19-20,24,28,35-40H,10-11,16-18,21-23,25-27,49H2,1-3H3,(H2,50,58)(H,51,57)(H,52,62)(H,53,60)(H,54,61)(H,55,59)/t35-,36+,37-,38+,39-,40+/m1/s1. The Bertz CT molecular complexity index is 2040. The fourth-order valence-corrected chi connectivity index (χ4v) is 7.75. The first kappa shape index (κ1) is 50.1. The summed E-state index contributed by atoms with van der Waals surface area (Å²) in [5, 5.41) is 14.4. The Kier molecular flexibility index (Phi) is 19.9. The third kappa shape index (κ3) is 16.0. The van der Waals surface area contributed by atoms with E-state index in [1.807, 2.05) is 50.2 Å². The number of likely N-dealkylation sites (tertiary alicyclic amines) is 1. The zero-order chi connectivity index (χ0) is 46.1. The van der Waals surface area contributed by atoms with Crippen molar-refractivity contribution in [1.82, 2.24) is 31.5 Å². The third-order valence-electron chi connectivity index (χ3n) is 10.8. The molecule has 0 spiro atoms. The van der Waals surface area contributed by atoms with Crippen molar-refractivity contribution in [3.8, 4) is 0 Å². The Morgan fingerprint density at radius 1 is 0.651 bits per heavy atom. The number of nitrogens with zero attached hydrogens (tertiary/aromatic N) is 1. The van der Waals surface area contributed by atoms with E-state index in [9.17, 15) is 33.6 Å². The predicted octanol–water partition coefficient (Wildman–Crippen LogP) is 3.12. The Balaban J connectivity index is 1.55. The summed E-state index contributed by atoms with van der Waals surface area (Å²) in [4.78, 5) is 96.5. The molecule has 4 rings (SSSR count). The van der Waals surface area contributed by atoms with Gasteiger partial charge in [-0.15, -0.1) is 0 Å². The van der Waals surface area contributed by atoms with Crippen molar-refractivity contribution >= 4 is 64.6 Å². The second-order valence-corrected chi connectivity index (χ2v) is 17.1. The van der Waals surface area contributed by atoms with Crippen molar-refractivity contribution in [3.63, 3.8) is 0 Å². The number of halogens is 2. The molecule has 1 aliphatic heterocycles. The van der Waals surface area contributed by atoms with E-state index in [1.165, 1.54) is 11.8 Å². The summed E-state index contributed by atoms with van der Waals surface area (Å²) in [6.45, 7) is 5.72. The number of primary amides is 1. The van der Waals surface area contributed by atoms with Gasteiger partial charge in [0, 0.05) is 32.7 Å². The Labute approximate surface area is 379 Å². The molecule has 0 unspecified atom stereocenters. The Morgan fingerprint density at radius 2 is 1.19 bits per heavy atom. The number of hydrogen-bond donors (Lipinski definition) is 7. The molecule has 17 heteroatoms. The molecule has 3 aromatic rings. The monoisotopic (exact) mass is 906 g/mol. The fraction of sp³-hybridized carbons (Fsp3) is 0.457. The molecule has 0 aliphatic carbocycles. The lowest BCUT2D eigenvalue weighted by molar-refractivity contribution is -0.142. The third-order valence-corrected chi connectivity index (χ3v) is 11.5. The molecule has 1 heterocycles. The van der Waals surface area contributed by atoms with Gasteiger partial charge in [-0.2, -0.15) is 0 Å². The summed E-state index contributed by atoms with van der Waals surface area (Å²) in [5.74, 6) is -4.01. The molecule has 0 saturated carbocycles. The van der Waals surface area contributed by atoms with Crippen LogP contribution in [-0.4, -0.2) is 95.6 Å². The topological polar surface area (TPSA) is 235 Å². The zero-order valence-electron chi connectivity index (χ0n) is 36.0. The van der Waals surface area contributed by atoms with Gasteiger partial charge in [0.05, 0.1) is 10.0 Å². The van der Waals surface area contributed by atoms with Crippen LogP contribution in [0.4, 0.5) is 0 Å². The van der Waals surface area contributed by atoms with Crippen molar-refractivity contribution in [2.45, 2.75) is 115 Å². The van der Waals surface area contributed by atoms with E-state index in [0.29, 0.717) is 36.3 Å². The lowest BCUT2D eigenvalue weighted by atomic mass is 10.00. The maximum absolute atomic E-state index is 14.3. The van der Waals surface area contributed by atoms with Gasteiger partial charge in [0.25, 0.3) is 0 Å². The number of amides is 7. The van der Waals surface area contributed by atoms with Gasteiger partial charge in [-0.05, 0) is 79.8 Å². The van der Waals surface area contributed by atoms with Crippen LogP contribution in [0, 0.1) is 5.92 Å². The fourth-order valence-electron chi connectivity index (χ4n) is 7.42. The van der Waals surface area contributed by atoms with Gasteiger partial charge in [-0.1, -0.05) is 104 Å². The lowest BCUT2D eigenvalue weighted by Gasteiger charge is -2.31. The molecule has 0 bridgehead atoms. The molecule has 9 N–H and O–H groups in total. The van der Waals surface area contributed by atoms with Gasteiger partial charge in [0.1, 0.15) is 36.3 Å². The normalized spacial score (nSPS) is 15.9. The maximum atomic E-state index is 14.3. The minimum Gasteiger partial charge on any atom is -0.368 e. The van der Waals surface area contributed by atoms with E-state index in [-0.39, 0.29) is 56.1 Å². The second-order valence-electron chi connectivity index (χ2n) is 16.3. The van der Waals surface area contributed by atoms with E-state index in [2.05, 4.69) is 26.6 Å². The minimum absolute atomic E-state index is 0.0505. The second kappa shape index (κ2) is 25.0. The van der Waals surface area contributed by atoms with Crippen molar-refractivity contribution in [2.75, 3.05) is 13.1 Å². The highest BCUT2D eigenvalue weighted by molar-refractivity contribution is 6.42. The molecule has 0 aromatic heterocycles. The highest BCUT2D eigenvalue weighted by atomic mass is 35.5. The van der Waals surface area contributed by atoms with Gasteiger partial charge >= 0.3 is 0 Å². The average molecular weight is 908 g/mol. The molecule has 1 fully saturated rings. The molecule has 63 heavy (non-hydrogen) atoms. The van der Waals surface area contributed by atoms with Crippen LogP contribution in [0.2, 0.25) is 10.0 Å². The van der Waals surface area contributed by atoms with Crippen LogP contribution in [0.5, 0.6) is 0 Å². The van der Waals surface area contributed by atoms with Crippen LogP contribution in [0.25, 0.3) is 0 Å². The largest absolute Gasteiger partial charge is 0.368 e. The number of rotatable bonds is 23. The van der Waals surface area contributed by atoms with Crippen molar-refractivity contribution < 1.29 is 33.6 Å². The molecule has 6 atom stereocenters. The summed E-state index contributed by atoms with van der Waals surface area (Å²) in [6.07, 6.45) is 2.35. The summed E-state index contributed by atoms with van der Waals surface area (Å²) in [6, 6.07) is 16.5. The van der Waals surface area contributed by atoms with Gasteiger partial charge in [0.15, 0.2) is 0 Å². The molecule has 1 aliphatic rings. The predicted molar refractivity (Wildman–Crippen MR) is 242 cm³/mol. The highest BCUT2D eigenvalue weighted by Gasteiger charge is 2.40. The van der Waals surface area contributed by atoms with Crippen LogP contribution in [0.1, 0.15) is 76.0 Å². The van der Waals surface area contributed by atoms with Crippen LogP contribution in [0.15, 0.2) is 78.9 Å². The Morgan fingerprint density at radius 3 is 1.75 bits per heavy atom. The highest BCUT2D eigenvalue weighted by Crippen LogP contribution is 2.24. The minimum atomic E-state index is -1.24. The molecular weight excluding hydrogens is 847 g/mol. The van der Waals surface area contributed by atoms with Crippen LogP contribution in [0.3, 0.4) is 0 Å². The number of benzene rings is 3. The molecule has 7 amide bonds. The van der Waals surface area contributed by atoms with E-state index in [4.69, 9.17) is 34.7 Å². The first-order valence-electron chi connectivity index (χ1n) is 21.4.